The summed E-state index contributed by atoms with van der Waals surface area (Å²) in [5, 5.41) is 19.3. The average molecular weight is 350 g/mol. The Hall–Kier alpha value is -1.53. The number of nitrogens with zero attached hydrogens (tertiary/aromatic N) is 2. The highest BCUT2D eigenvalue weighted by atomic mass is 32.2. The fourth-order valence-corrected chi connectivity index (χ4v) is 3.10. The second-order valence-corrected chi connectivity index (χ2v) is 6.98. The fraction of sp³-hybridized carbons (Fsp3) is 0.667. The minimum Gasteiger partial charge on any atom is -0.394 e. The van der Waals surface area contributed by atoms with Gasteiger partial charge in [-0.3, -0.25) is 13.5 Å². The minimum absolute atomic E-state index is 0.0572. The van der Waals surface area contributed by atoms with Crippen molar-refractivity contribution in [3.8, 4) is 0 Å². The van der Waals surface area contributed by atoms with Gasteiger partial charge in [-0.15, -0.1) is 0 Å². The predicted molar refractivity (Wildman–Crippen MR) is 77.3 cm³/mol. The van der Waals surface area contributed by atoms with Crippen molar-refractivity contribution in [2.24, 2.45) is 14.1 Å². The largest absolute Gasteiger partial charge is 0.394 e. The monoisotopic (exact) mass is 350 g/mol. The van der Waals surface area contributed by atoms with E-state index >= 15 is 0 Å². The lowest BCUT2D eigenvalue weighted by Crippen LogP contribution is -2.41. The van der Waals surface area contributed by atoms with Gasteiger partial charge in [-0.1, -0.05) is 0 Å². The average Bonchev–Trinajstić information content (AvgIpc) is 2.76. The van der Waals surface area contributed by atoms with Crippen LogP contribution in [0.3, 0.4) is 0 Å². The second-order valence-electron chi connectivity index (χ2n) is 5.38. The quantitative estimate of drug-likeness (QED) is 0.557. The topological polar surface area (TPSA) is 137 Å². The first-order chi connectivity index (χ1) is 10.6. The predicted octanol–water partition coefficient (Wildman–Crippen LogP) is -2.78. The van der Waals surface area contributed by atoms with Crippen LogP contribution in [0.15, 0.2) is 15.8 Å². The van der Waals surface area contributed by atoms with Crippen molar-refractivity contribution in [2.75, 3.05) is 12.9 Å². The zero-order valence-electron chi connectivity index (χ0n) is 12.7. The number of aliphatic hydroxyl groups is 2. The molecular formula is C12H18N2O8S. The molecule has 0 aliphatic carbocycles. The Bertz CT molecular complexity index is 811. The highest BCUT2D eigenvalue weighted by Gasteiger charge is 2.48. The van der Waals surface area contributed by atoms with Crippen LogP contribution in [0, 0.1) is 0 Å². The number of aliphatic hydroxyl groups excluding tert-OH is 2. The summed E-state index contributed by atoms with van der Waals surface area (Å²) in [5.41, 5.74) is -1.33. The Morgan fingerprint density at radius 2 is 1.96 bits per heavy atom. The maximum atomic E-state index is 12.3. The third kappa shape index (κ3) is 3.38. The van der Waals surface area contributed by atoms with Crippen molar-refractivity contribution in [1.29, 1.82) is 0 Å². The number of aromatic nitrogens is 2. The summed E-state index contributed by atoms with van der Waals surface area (Å²) >= 11 is 0. The summed E-state index contributed by atoms with van der Waals surface area (Å²) in [6.45, 7) is -0.590. The van der Waals surface area contributed by atoms with Gasteiger partial charge in [-0.25, -0.2) is 4.79 Å². The molecule has 1 fully saturated rings. The molecule has 1 aliphatic heterocycles. The van der Waals surface area contributed by atoms with Crippen molar-refractivity contribution < 1.29 is 27.6 Å². The Labute approximate surface area is 131 Å². The van der Waals surface area contributed by atoms with E-state index in [0.29, 0.717) is 0 Å². The van der Waals surface area contributed by atoms with Crippen LogP contribution < -0.4 is 11.2 Å². The molecule has 0 spiro atoms. The molecule has 10 nitrogen and oxygen atoms in total. The molecule has 23 heavy (non-hydrogen) atoms. The molecule has 1 aromatic heterocycles. The Morgan fingerprint density at radius 1 is 1.35 bits per heavy atom. The molecule has 1 saturated heterocycles. The van der Waals surface area contributed by atoms with Gasteiger partial charge in [-0.05, 0) is 0 Å². The van der Waals surface area contributed by atoms with Gasteiger partial charge in [0.2, 0.25) is 0 Å². The second kappa shape index (κ2) is 6.17. The molecule has 2 N–H and O–H groups in total. The number of hydrogen-bond donors (Lipinski definition) is 2. The fourth-order valence-electron chi connectivity index (χ4n) is 2.48. The smallest absolute Gasteiger partial charge is 0.330 e. The molecule has 0 bridgehead atoms. The van der Waals surface area contributed by atoms with Gasteiger partial charge >= 0.3 is 5.69 Å². The molecule has 11 heteroatoms. The van der Waals surface area contributed by atoms with Gasteiger partial charge in [-0.2, -0.15) is 8.42 Å². The van der Waals surface area contributed by atoms with Crippen molar-refractivity contribution in [3.63, 3.8) is 0 Å². The standard InChI is InChI=1S/C12H18N2O8S/c1-13-4-6(11(17)14(2)12(13)18)9-10(22-23(3,19)20)8(16)7(5-15)21-9/h4,7-10,15-16H,5H2,1-3H3/t7-,8-,9+,10-/m1/s1. The molecule has 2 heterocycles. The van der Waals surface area contributed by atoms with Crippen LogP contribution in [0.1, 0.15) is 11.7 Å². The van der Waals surface area contributed by atoms with Crippen LogP contribution in [0.25, 0.3) is 0 Å². The van der Waals surface area contributed by atoms with Crippen LogP contribution in [-0.2, 0) is 33.1 Å². The molecule has 0 unspecified atom stereocenters. The number of ether oxygens (including phenoxy) is 1. The molecule has 2 rings (SSSR count). The lowest BCUT2D eigenvalue weighted by molar-refractivity contribution is -0.0233. The number of rotatable bonds is 4. The number of aryl methyl sites for hydroxylation is 1. The van der Waals surface area contributed by atoms with Gasteiger partial charge < -0.3 is 19.5 Å². The lowest BCUT2D eigenvalue weighted by Gasteiger charge is -2.20. The first kappa shape index (κ1) is 17.8. The van der Waals surface area contributed by atoms with Crippen LogP contribution >= 0.6 is 0 Å². The third-order valence-corrected chi connectivity index (χ3v) is 4.15. The van der Waals surface area contributed by atoms with Crippen molar-refractivity contribution in [3.05, 3.63) is 32.6 Å². The molecule has 130 valence electrons. The van der Waals surface area contributed by atoms with Crippen LogP contribution in [-0.4, -0.2) is 58.9 Å². The van der Waals surface area contributed by atoms with E-state index in [1.807, 2.05) is 0 Å². The van der Waals surface area contributed by atoms with E-state index in [2.05, 4.69) is 0 Å². The van der Waals surface area contributed by atoms with Crippen molar-refractivity contribution in [2.45, 2.75) is 24.4 Å². The van der Waals surface area contributed by atoms with Crippen molar-refractivity contribution >= 4 is 10.1 Å². The molecular weight excluding hydrogens is 332 g/mol. The third-order valence-electron chi connectivity index (χ3n) is 3.58. The van der Waals surface area contributed by atoms with Crippen LogP contribution in [0.4, 0.5) is 0 Å². The normalized spacial score (nSPS) is 28.2. The summed E-state index contributed by atoms with van der Waals surface area (Å²) in [5.74, 6) is 0. The van der Waals surface area contributed by atoms with E-state index < -0.39 is 52.4 Å². The van der Waals surface area contributed by atoms with E-state index in [1.165, 1.54) is 20.3 Å². The Morgan fingerprint density at radius 3 is 2.48 bits per heavy atom. The molecule has 1 aliphatic rings. The summed E-state index contributed by atoms with van der Waals surface area (Å²) in [6.07, 6.45) is -3.24. The summed E-state index contributed by atoms with van der Waals surface area (Å²) < 4.78 is 34.9. The van der Waals surface area contributed by atoms with E-state index in [-0.39, 0.29) is 5.56 Å². The first-order valence-electron chi connectivity index (χ1n) is 6.66. The molecule has 0 aromatic carbocycles. The first-order valence-corrected chi connectivity index (χ1v) is 8.47. The maximum Gasteiger partial charge on any atom is 0.330 e. The summed E-state index contributed by atoms with van der Waals surface area (Å²) in [7, 11) is -1.28. The zero-order chi connectivity index (χ0) is 17.5. The van der Waals surface area contributed by atoms with E-state index in [1.54, 1.807) is 0 Å². The van der Waals surface area contributed by atoms with Gasteiger partial charge in [0.25, 0.3) is 15.7 Å². The van der Waals surface area contributed by atoms with E-state index in [0.717, 1.165) is 15.4 Å². The Kier molecular flexibility index (Phi) is 4.78. The van der Waals surface area contributed by atoms with Crippen LogP contribution in [0.2, 0.25) is 0 Å². The maximum absolute atomic E-state index is 12.3. The molecule has 1 aromatic rings. The van der Waals surface area contributed by atoms with Crippen LogP contribution in [0.5, 0.6) is 0 Å². The Balaban J connectivity index is 2.56. The van der Waals surface area contributed by atoms with Gasteiger partial charge in [0.05, 0.1) is 18.4 Å². The highest BCUT2D eigenvalue weighted by molar-refractivity contribution is 7.86. The molecule has 0 amide bonds. The molecule has 4 atom stereocenters. The van der Waals surface area contributed by atoms with Gasteiger partial charge in [0.15, 0.2) is 0 Å². The molecule has 0 saturated carbocycles. The SMILES string of the molecule is Cn1cc([C@@H]2O[C@H](CO)[C@@H](O)[C@H]2OS(C)(=O)=O)c(=O)n(C)c1=O. The summed E-state index contributed by atoms with van der Waals surface area (Å²) in [4.78, 5) is 24.0. The van der Waals surface area contributed by atoms with Gasteiger partial charge in [0, 0.05) is 20.3 Å². The lowest BCUT2D eigenvalue weighted by atomic mass is 10.0. The molecule has 0 radical (unpaired) electrons. The van der Waals surface area contributed by atoms with E-state index in [4.69, 9.17) is 8.92 Å². The van der Waals surface area contributed by atoms with Crippen molar-refractivity contribution in [1.82, 2.24) is 9.13 Å². The minimum atomic E-state index is -3.95. The van der Waals surface area contributed by atoms with E-state index in [9.17, 15) is 28.2 Å². The highest BCUT2D eigenvalue weighted by Crippen LogP contribution is 2.34. The summed E-state index contributed by atoms with van der Waals surface area (Å²) in [6, 6.07) is 0. The number of hydrogen-bond acceptors (Lipinski definition) is 8. The van der Waals surface area contributed by atoms with Gasteiger partial charge in [0.1, 0.15) is 24.4 Å². The zero-order valence-corrected chi connectivity index (χ0v) is 13.6.